The van der Waals surface area contributed by atoms with E-state index in [1.165, 1.54) is 15.3 Å². The normalized spacial score (nSPS) is 20.5. The summed E-state index contributed by atoms with van der Waals surface area (Å²) in [6, 6.07) is 5.63. The van der Waals surface area contributed by atoms with Crippen molar-refractivity contribution in [3.8, 4) is 17.3 Å². The Labute approximate surface area is 198 Å². The lowest BCUT2D eigenvalue weighted by Crippen LogP contribution is -2.31. The summed E-state index contributed by atoms with van der Waals surface area (Å²) < 4.78 is 43.9. The van der Waals surface area contributed by atoms with Gasteiger partial charge in [-0.3, -0.25) is 0 Å². The summed E-state index contributed by atoms with van der Waals surface area (Å²) in [7, 11) is 0. The molecule has 0 amide bonds. The number of halogens is 3. The molecule has 4 heterocycles. The molecule has 1 saturated carbocycles. The third kappa shape index (κ3) is 4.11. The Balaban J connectivity index is 1.50. The molecule has 0 saturated heterocycles. The van der Waals surface area contributed by atoms with Gasteiger partial charge in [0.15, 0.2) is 17.3 Å². The Kier molecular flexibility index (Phi) is 5.50. The van der Waals surface area contributed by atoms with Gasteiger partial charge in [-0.15, -0.1) is 5.10 Å². The fourth-order valence-corrected chi connectivity index (χ4v) is 4.69. The molecule has 1 aliphatic carbocycles. The Morgan fingerprint density at radius 3 is 2.69 bits per heavy atom. The fourth-order valence-electron chi connectivity index (χ4n) is 4.69. The first kappa shape index (κ1) is 22.9. The lowest BCUT2D eigenvalue weighted by atomic mass is 9.75. The highest BCUT2D eigenvalue weighted by molar-refractivity contribution is 5.89. The van der Waals surface area contributed by atoms with Crippen LogP contribution in [0.3, 0.4) is 0 Å². The Morgan fingerprint density at radius 2 is 2.00 bits per heavy atom. The molecule has 0 aliphatic heterocycles. The number of alkyl halides is 2. The third-order valence-corrected chi connectivity index (χ3v) is 6.66. The molecule has 1 aliphatic rings. The first-order valence-electron chi connectivity index (χ1n) is 11.3. The van der Waals surface area contributed by atoms with E-state index in [9.17, 15) is 14.0 Å². The van der Waals surface area contributed by atoms with Gasteiger partial charge in [0.05, 0.1) is 35.5 Å². The maximum atomic E-state index is 15.1. The van der Waals surface area contributed by atoms with Gasteiger partial charge in [0, 0.05) is 6.04 Å². The van der Waals surface area contributed by atoms with Gasteiger partial charge in [0.2, 0.25) is 5.95 Å². The third-order valence-electron chi connectivity index (χ3n) is 6.66. The second-order valence-electron chi connectivity index (χ2n) is 9.26. The fraction of sp³-hybridized carbons (Fsp3) is 0.435. The number of nitrogens with two attached hydrogens (primary N) is 1. The van der Waals surface area contributed by atoms with Gasteiger partial charge in [-0.05, 0) is 51.7 Å². The van der Waals surface area contributed by atoms with Crippen LogP contribution in [0, 0.1) is 29.5 Å². The highest BCUT2D eigenvalue weighted by Gasteiger charge is 2.31. The number of imidazole rings is 1. The summed E-state index contributed by atoms with van der Waals surface area (Å²) >= 11 is 0. The van der Waals surface area contributed by atoms with Crippen molar-refractivity contribution in [3.05, 3.63) is 30.0 Å². The van der Waals surface area contributed by atoms with Crippen LogP contribution in [-0.4, -0.2) is 41.6 Å². The molecule has 0 atom stereocenters. The average Bonchev–Trinajstić information content (AvgIpc) is 3.30. The zero-order valence-corrected chi connectivity index (χ0v) is 19.3. The molecule has 4 aromatic rings. The van der Waals surface area contributed by atoms with Gasteiger partial charge in [-0.2, -0.15) is 10.2 Å². The summed E-state index contributed by atoms with van der Waals surface area (Å²) in [5, 5.41) is 16.9. The van der Waals surface area contributed by atoms with Crippen molar-refractivity contribution in [2.45, 2.75) is 58.5 Å². The SMILES string of the molecule is Cc1nc2ccc(-c3c(F)cn4nc(NC5CCC(C)(C#N)CC5)nc(N)c34)nc2n1CC(F)F. The quantitative estimate of drug-likeness (QED) is 0.433. The lowest BCUT2D eigenvalue weighted by Gasteiger charge is -2.32. The van der Waals surface area contributed by atoms with Crippen molar-refractivity contribution in [2.24, 2.45) is 5.41 Å². The van der Waals surface area contributed by atoms with E-state index in [4.69, 9.17) is 5.73 Å². The predicted octanol–water partition coefficient (Wildman–Crippen LogP) is 4.32. The number of nitrogens with one attached hydrogen (secondary N) is 1. The molecule has 12 heteroatoms. The molecule has 35 heavy (non-hydrogen) atoms. The van der Waals surface area contributed by atoms with Gasteiger partial charge in [-0.25, -0.2) is 27.7 Å². The van der Waals surface area contributed by atoms with E-state index in [1.54, 1.807) is 19.1 Å². The van der Waals surface area contributed by atoms with E-state index >= 15 is 4.39 Å². The van der Waals surface area contributed by atoms with Crippen molar-refractivity contribution < 1.29 is 13.2 Å². The number of hydrogen-bond acceptors (Lipinski definition) is 7. The number of anilines is 2. The first-order valence-corrected chi connectivity index (χ1v) is 11.3. The molecule has 9 nitrogen and oxygen atoms in total. The van der Waals surface area contributed by atoms with E-state index in [0.717, 1.165) is 25.7 Å². The van der Waals surface area contributed by atoms with Crippen molar-refractivity contribution in [2.75, 3.05) is 11.1 Å². The molecule has 0 bridgehead atoms. The van der Waals surface area contributed by atoms with Gasteiger partial charge in [0.1, 0.15) is 16.9 Å². The van der Waals surface area contributed by atoms with Crippen LogP contribution in [0.5, 0.6) is 0 Å². The van der Waals surface area contributed by atoms with Crippen LogP contribution in [0.1, 0.15) is 38.4 Å². The molecule has 3 N–H and O–H groups in total. The summed E-state index contributed by atoms with van der Waals surface area (Å²) in [6.07, 6.45) is 1.69. The second kappa shape index (κ2) is 8.41. The minimum atomic E-state index is -2.59. The van der Waals surface area contributed by atoms with E-state index in [-0.39, 0.29) is 45.6 Å². The number of fused-ring (bicyclic) bond motifs is 2. The molecule has 0 unspecified atom stereocenters. The number of nitrogens with zero attached hydrogens (tertiary/aromatic N) is 7. The van der Waals surface area contributed by atoms with Crippen LogP contribution < -0.4 is 11.1 Å². The molecule has 0 radical (unpaired) electrons. The Hall–Kier alpha value is -3.88. The monoisotopic (exact) mass is 483 g/mol. The molecule has 4 aromatic heterocycles. The van der Waals surface area contributed by atoms with E-state index in [1.807, 2.05) is 6.92 Å². The zero-order chi connectivity index (χ0) is 24.9. The second-order valence-corrected chi connectivity index (χ2v) is 9.26. The van der Waals surface area contributed by atoms with Crippen molar-refractivity contribution in [1.29, 1.82) is 5.26 Å². The van der Waals surface area contributed by atoms with Gasteiger partial charge >= 0.3 is 0 Å². The number of hydrogen-bond donors (Lipinski definition) is 2. The minimum absolute atomic E-state index is 0.0539. The summed E-state index contributed by atoms with van der Waals surface area (Å²) in [4.78, 5) is 13.0. The average molecular weight is 484 g/mol. The molecule has 0 aromatic carbocycles. The predicted molar refractivity (Wildman–Crippen MR) is 124 cm³/mol. The molecule has 182 valence electrons. The summed E-state index contributed by atoms with van der Waals surface area (Å²) in [5.74, 6) is 0.0898. The number of aromatic nitrogens is 6. The number of nitrogen functional groups attached to an aromatic ring is 1. The number of rotatable bonds is 5. The van der Waals surface area contributed by atoms with E-state index in [0.29, 0.717) is 11.3 Å². The van der Waals surface area contributed by atoms with Crippen molar-refractivity contribution >= 4 is 28.4 Å². The minimum Gasteiger partial charge on any atom is -0.382 e. The summed E-state index contributed by atoms with van der Waals surface area (Å²) in [5.41, 5.74) is 7.11. The topological polar surface area (TPSA) is 123 Å². The molecule has 1 fully saturated rings. The van der Waals surface area contributed by atoms with Crippen LogP contribution in [0.15, 0.2) is 18.3 Å². The first-order chi connectivity index (χ1) is 16.7. The number of aryl methyl sites for hydroxylation is 1. The highest BCUT2D eigenvalue weighted by Crippen LogP contribution is 2.36. The van der Waals surface area contributed by atoms with Crippen LogP contribution in [0.2, 0.25) is 0 Å². The van der Waals surface area contributed by atoms with Crippen LogP contribution in [-0.2, 0) is 6.54 Å². The van der Waals surface area contributed by atoms with Crippen LogP contribution >= 0.6 is 0 Å². The number of pyridine rings is 1. The maximum absolute atomic E-state index is 15.1. The van der Waals surface area contributed by atoms with Gasteiger partial charge < -0.3 is 15.6 Å². The van der Waals surface area contributed by atoms with Gasteiger partial charge in [0.25, 0.3) is 6.43 Å². The maximum Gasteiger partial charge on any atom is 0.256 e. The van der Waals surface area contributed by atoms with E-state index < -0.39 is 18.8 Å². The molecule has 0 spiro atoms. The van der Waals surface area contributed by atoms with E-state index in [2.05, 4.69) is 31.4 Å². The highest BCUT2D eigenvalue weighted by atomic mass is 19.3. The van der Waals surface area contributed by atoms with Crippen LogP contribution in [0.4, 0.5) is 24.9 Å². The van der Waals surface area contributed by atoms with Gasteiger partial charge in [-0.1, -0.05) is 0 Å². The largest absolute Gasteiger partial charge is 0.382 e. The molecular formula is C23H24F3N9. The standard InChI is InChI=1S/C23H24F3N9/c1-12-29-16-4-3-15(31-21(16)34(12)10-17(25)26)18-14(24)9-35-19(18)20(28)32-22(33-35)30-13-5-7-23(2,11-27)8-6-13/h3-4,9,13,17H,5-8,10H2,1-2H3,(H3,28,30,32,33). The number of nitriles is 1. The van der Waals surface area contributed by atoms with Crippen LogP contribution in [0.25, 0.3) is 27.9 Å². The molecular weight excluding hydrogens is 459 g/mol. The smallest absolute Gasteiger partial charge is 0.256 e. The molecule has 5 rings (SSSR count). The Morgan fingerprint density at radius 1 is 1.26 bits per heavy atom. The van der Waals surface area contributed by atoms with Crippen molar-refractivity contribution in [3.63, 3.8) is 0 Å². The zero-order valence-electron chi connectivity index (χ0n) is 19.3. The Bertz CT molecular complexity index is 1460. The van der Waals surface area contributed by atoms with Crippen molar-refractivity contribution in [1.82, 2.24) is 29.1 Å². The summed E-state index contributed by atoms with van der Waals surface area (Å²) in [6.45, 7) is 3.01. The lowest BCUT2D eigenvalue weighted by molar-refractivity contribution is 0.127.